The summed E-state index contributed by atoms with van der Waals surface area (Å²) in [6, 6.07) is -0.674. The first kappa shape index (κ1) is 36.3. The Balaban J connectivity index is 2.25. The van der Waals surface area contributed by atoms with Gasteiger partial charge in [-0.3, -0.25) is 9.59 Å². The van der Waals surface area contributed by atoms with E-state index in [-0.39, 0.29) is 49.6 Å². The van der Waals surface area contributed by atoms with E-state index >= 15 is 0 Å². The molecule has 0 radical (unpaired) electrons. The SMILES string of the molecule is CC(=O)NC1CC(C)(C)[N+](O)(OC(=O)CC(O)(CC(=O)O[N+]2(O)C(C)(C)CC(NC(C)=O)CC2(C)C)C(=O)O)C(C)(C)C1. The number of hydroxylamine groups is 8. The van der Waals surface area contributed by atoms with Gasteiger partial charge in [0.15, 0.2) is 27.8 Å². The van der Waals surface area contributed by atoms with Crippen LogP contribution in [-0.2, 0) is 33.6 Å². The van der Waals surface area contributed by atoms with Crippen molar-refractivity contribution in [2.75, 3.05) is 0 Å². The summed E-state index contributed by atoms with van der Waals surface area (Å²) in [6.45, 7) is 15.6. The number of quaternary nitrogens is 2. The zero-order valence-corrected chi connectivity index (χ0v) is 26.9. The minimum atomic E-state index is -3.00. The zero-order chi connectivity index (χ0) is 33.6. The van der Waals surface area contributed by atoms with Gasteiger partial charge in [-0.1, -0.05) is 0 Å². The van der Waals surface area contributed by atoms with Crippen molar-refractivity contribution < 1.29 is 63.9 Å². The molecule has 2 aliphatic heterocycles. The van der Waals surface area contributed by atoms with E-state index in [0.717, 1.165) is 0 Å². The molecule has 0 aromatic rings. The second kappa shape index (κ2) is 11.6. The number of hydrogen-bond donors (Lipinski definition) is 6. The van der Waals surface area contributed by atoms with Crippen LogP contribution in [0.3, 0.4) is 0 Å². The molecule has 0 saturated carbocycles. The van der Waals surface area contributed by atoms with Gasteiger partial charge in [0.2, 0.25) is 11.8 Å². The number of nitrogens with zero attached hydrogens (tertiary/aromatic N) is 2. The Bertz CT molecular complexity index is 1030. The third-order valence-corrected chi connectivity index (χ3v) is 8.82. The molecule has 0 atom stereocenters. The fraction of sp³-hybridized carbons (Fsp3) is 0.821. The molecule has 2 fully saturated rings. The van der Waals surface area contributed by atoms with E-state index in [0.29, 0.717) is 0 Å². The number of rotatable bonds is 9. The molecule has 0 bridgehead atoms. The van der Waals surface area contributed by atoms with E-state index in [1.807, 2.05) is 0 Å². The quantitative estimate of drug-likeness (QED) is 0.205. The van der Waals surface area contributed by atoms with Crippen LogP contribution in [0.5, 0.6) is 0 Å². The molecule has 0 aromatic heterocycles. The topological polar surface area (TPSA) is 209 Å². The maximum atomic E-state index is 13.1. The number of aliphatic carboxylic acids is 1. The minimum Gasteiger partial charge on any atom is -0.479 e. The Morgan fingerprint density at radius 1 is 0.674 bits per heavy atom. The highest BCUT2D eigenvalue weighted by Gasteiger charge is 2.66. The van der Waals surface area contributed by atoms with Crippen molar-refractivity contribution in [3.63, 3.8) is 0 Å². The van der Waals surface area contributed by atoms with Gasteiger partial charge in [-0.15, -0.1) is 0 Å². The smallest absolute Gasteiger partial charge is 0.374 e. The van der Waals surface area contributed by atoms with Gasteiger partial charge in [-0.2, -0.15) is 10.4 Å². The molecule has 246 valence electrons. The number of piperidine rings is 2. The number of carbonyl (C=O) groups is 5. The summed E-state index contributed by atoms with van der Waals surface area (Å²) in [7, 11) is 0. The van der Waals surface area contributed by atoms with Crippen LogP contribution in [0.15, 0.2) is 0 Å². The maximum absolute atomic E-state index is 13.1. The van der Waals surface area contributed by atoms with Crippen molar-refractivity contribution in [3.8, 4) is 0 Å². The Morgan fingerprint density at radius 3 is 1.14 bits per heavy atom. The minimum absolute atomic E-state index is 0.209. The van der Waals surface area contributed by atoms with Gasteiger partial charge in [-0.05, 0) is 55.4 Å². The second-order valence-corrected chi connectivity index (χ2v) is 14.6. The van der Waals surface area contributed by atoms with E-state index in [9.17, 15) is 44.6 Å². The van der Waals surface area contributed by atoms with Crippen molar-refractivity contribution >= 4 is 29.7 Å². The van der Waals surface area contributed by atoms with Crippen molar-refractivity contribution in [1.82, 2.24) is 10.6 Å². The molecule has 0 aromatic carbocycles. The Morgan fingerprint density at radius 2 is 0.930 bits per heavy atom. The number of carbonyl (C=O) groups excluding carboxylic acids is 4. The lowest BCUT2D eigenvalue weighted by Crippen LogP contribution is -2.75. The first-order chi connectivity index (χ1) is 19.1. The van der Waals surface area contributed by atoms with E-state index in [1.165, 1.54) is 13.8 Å². The van der Waals surface area contributed by atoms with E-state index < -0.39 is 68.1 Å². The van der Waals surface area contributed by atoms with Gasteiger partial charge < -0.3 is 20.8 Å². The van der Waals surface area contributed by atoms with Crippen molar-refractivity contribution in [2.24, 2.45) is 0 Å². The summed E-state index contributed by atoms with van der Waals surface area (Å²) in [4.78, 5) is 70.0. The second-order valence-electron chi connectivity index (χ2n) is 14.6. The summed E-state index contributed by atoms with van der Waals surface area (Å²) in [5.74, 6) is -5.05. The molecular formula is C28H50N4O11+2. The summed E-state index contributed by atoms with van der Waals surface area (Å²) in [5.41, 5.74) is -7.67. The molecule has 15 heteroatoms. The fourth-order valence-electron chi connectivity index (χ4n) is 7.01. The third-order valence-electron chi connectivity index (χ3n) is 8.82. The van der Waals surface area contributed by atoms with Gasteiger partial charge in [0.25, 0.3) is 0 Å². The first-order valence-corrected chi connectivity index (χ1v) is 14.3. The molecule has 0 spiro atoms. The average Bonchev–Trinajstić information content (AvgIpc) is 2.74. The Labute approximate surface area is 252 Å². The van der Waals surface area contributed by atoms with Crippen LogP contribution in [0.25, 0.3) is 0 Å². The normalized spacial score (nSPS) is 31.9. The van der Waals surface area contributed by atoms with Gasteiger partial charge in [0.1, 0.15) is 0 Å². The predicted octanol–water partition coefficient (Wildman–Crippen LogP) is 1.62. The van der Waals surface area contributed by atoms with Gasteiger partial charge in [0, 0.05) is 61.2 Å². The van der Waals surface area contributed by atoms with Crippen molar-refractivity contribution in [3.05, 3.63) is 0 Å². The molecule has 2 rings (SSSR count). The summed E-state index contributed by atoms with van der Waals surface area (Å²) >= 11 is 0. The molecule has 0 aliphatic carbocycles. The molecule has 43 heavy (non-hydrogen) atoms. The molecule has 15 nitrogen and oxygen atoms in total. The number of amides is 2. The maximum Gasteiger partial charge on any atom is 0.374 e. The molecule has 2 amide bonds. The lowest BCUT2D eigenvalue weighted by molar-refractivity contribution is -1.29. The van der Waals surface area contributed by atoms with Crippen LogP contribution in [0, 0.1) is 0 Å². The Hall–Kier alpha value is -2.85. The fourth-order valence-corrected chi connectivity index (χ4v) is 7.01. The molecular weight excluding hydrogens is 568 g/mol. The van der Waals surface area contributed by atoms with Crippen LogP contribution < -0.4 is 10.6 Å². The van der Waals surface area contributed by atoms with E-state index in [2.05, 4.69) is 10.6 Å². The van der Waals surface area contributed by atoms with E-state index in [1.54, 1.807) is 55.4 Å². The average molecular weight is 619 g/mol. The van der Waals surface area contributed by atoms with Gasteiger partial charge in [-0.25, -0.2) is 24.1 Å². The van der Waals surface area contributed by atoms with Gasteiger partial charge in [0.05, 0.1) is 12.8 Å². The molecule has 0 unspecified atom stereocenters. The van der Waals surface area contributed by atoms with E-state index in [4.69, 9.17) is 9.68 Å². The molecule has 6 N–H and O–H groups in total. The number of carboxylic acid groups (broad SMARTS) is 1. The van der Waals surface area contributed by atoms with Crippen LogP contribution in [0.4, 0.5) is 0 Å². The monoisotopic (exact) mass is 618 g/mol. The largest absolute Gasteiger partial charge is 0.479 e. The summed E-state index contributed by atoms with van der Waals surface area (Å²) < 4.78 is 0. The van der Waals surface area contributed by atoms with Crippen molar-refractivity contribution in [1.29, 1.82) is 0 Å². The summed E-state index contributed by atoms with van der Waals surface area (Å²) in [5, 5.41) is 49.7. The van der Waals surface area contributed by atoms with Crippen LogP contribution in [0.1, 0.15) is 108 Å². The molecule has 2 heterocycles. The lowest BCUT2D eigenvalue weighted by Gasteiger charge is -2.53. The summed E-state index contributed by atoms with van der Waals surface area (Å²) in [6.07, 6.45) is -1.61. The number of aliphatic hydroxyl groups is 1. The van der Waals surface area contributed by atoms with Crippen LogP contribution in [-0.4, -0.2) is 99.8 Å². The number of carboxylic acids is 1. The highest BCUT2D eigenvalue weighted by molar-refractivity contribution is 5.88. The predicted molar refractivity (Wildman–Crippen MR) is 148 cm³/mol. The van der Waals surface area contributed by atoms with Crippen LogP contribution in [0.2, 0.25) is 0 Å². The number of hydrogen-bond acceptors (Lipinski definition) is 10. The molecule has 2 saturated heterocycles. The lowest BCUT2D eigenvalue weighted by atomic mass is 9.78. The Kier molecular flexibility index (Phi) is 9.79. The highest BCUT2D eigenvalue weighted by Crippen LogP contribution is 2.46. The first-order valence-electron chi connectivity index (χ1n) is 14.3. The van der Waals surface area contributed by atoms with Crippen LogP contribution >= 0.6 is 0 Å². The van der Waals surface area contributed by atoms with Crippen molar-refractivity contribution in [2.45, 2.75) is 148 Å². The third kappa shape index (κ3) is 7.11. The zero-order valence-electron chi connectivity index (χ0n) is 26.9. The number of nitrogens with one attached hydrogen (secondary N) is 2. The van der Waals surface area contributed by atoms with Gasteiger partial charge >= 0.3 is 17.9 Å². The molecule has 2 aliphatic rings. The highest BCUT2D eigenvalue weighted by atomic mass is 17.0. The standard InChI is InChI=1S/C28H48N4O11/c1-17(33)29-19-11-24(3,4)31(40,25(5,6)12-19)42-21(35)15-28(39,23(37)38)16-22(36)43-32(41)26(7,8)13-20(30-18(2)34)14-27(32,9)10/h19-20,39-41H,11-16H2,1-10H3,(H-2,29,30,33,34,37,38)/p+2.